The number of carbonyl (C=O) groups is 2. The molecule has 0 atom stereocenters. The Balaban J connectivity index is 2.12. The number of aromatic nitrogens is 1. The zero-order valence-corrected chi connectivity index (χ0v) is 14.2. The van der Waals surface area contributed by atoms with E-state index in [9.17, 15) is 9.59 Å². The highest BCUT2D eigenvalue weighted by molar-refractivity contribution is 6.30. The number of pyridine rings is 1. The van der Waals surface area contributed by atoms with Gasteiger partial charge in [0.05, 0.1) is 12.3 Å². The van der Waals surface area contributed by atoms with Crippen molar-refractivity contribution in [3.05, 3.63) is 52.7 Å². The van der Waals surface area contributed by atoms with Crippen LogP contribution in [0.2, 0.25) is 5.02 Å². The Hall–Kier alpha value is -2.60. The van der Waals surface area contributed by atoms with Gasteiger partial charge in [0, 0.05) is 16.3 Å². The second kappa shape index (κ2) is 8.31. The summed E-state index contributed by atoms with van der Waals surface area (Å²) < 4.78 is 4.87. The lowest BCUT2D eigenvalue weighted by Crippen LogP contribution is -2.19. The van der Waals surface area contributed by atoms with E-state index in [1.54, 1.807) is 43.3 Å². The average molecular weight is 348 g/mol. The molecule has 0 aliphatic heterocycles. The Morgan fingerprint density at radius 3 is 2.54 bits per heavy atom. The highest BCUT2D eigenvalue weighted by Gasteiger charge is 2.12. The zero-order chi connectivity index (χ0) is 17.5. The minimum atomic E-state index is -0.393. The molecule has 24 heavy (non-hydrogen) atoms. The van der Waals surface area contributed by atoms with Crippen molar-refractivity contribution in [2.24, 2.45) is 0 Å². The molecule has 2 rings (SSSR count). The smallest absolute Gasteiger partial charge is 0.325 e. The van der Waals surface area contributed by atoms with Crippen LogP contribution in [-0.4, -0.2) is 30.0 Å². The molecule has 1 aromatic heterocycles. The van der Waals surface area contributed by atoms with Crippen LogP contribution >= 0.6 is 11.6 Å². The van der Waals surface area contributed by atoms with E-state index in [4.69, 9.17) is 16.3 Å². The first-order chi connectivity index (χ1) is 11.5. The molecule has 6 nitrogen and oxygen atoms in total. The van der Waals surface area contributed by atoms with Gasteiger partial charge in [-0.3, -0.25) is 9.59 Å². The van der Waals surface area contributed by atoms with Crippen molar-refractivity contribution in [1.29, 1.82) is 0 Å². The third-order valence-corrected chi connectivity index (χ3v) is 3.35. The van der Waals surface area contributed by atoms with E-state index < -0.39 is 5.97 Å². The van der Waals surface area contributed by atoms with Crippen LogP contribution in [0.3, 0.4) is 0 Å². The number of anilines is 2. The van der Waals surface area contributed by atoms with Crippen LogP contribution in [-0.2, 0) is 9.53 Å². The molecule has 0 radical (unpaired) electrons. The molecule has 7 heteroatoms. The minimum absolute atomic E-state index is 0.0336. The van der Waals surface area contributed by atoms with E-state index >= 15 is 0 Å². The number of benzene rings is 1. The molecule has 0 aliphatic carbocycles. The van der Waals surface area contributed by atoms with E-state index in [0.717, 1.165) is 5.69 Å². The first-order valence-corrected chi connectivity index (χ1v) is 7.81. The molecule has 0 fully saturated rings. The third kappa shape index (κ3) is 4.96. The number of rotatable bonds is 6. The molecule has 0 bridgehead atoms. The van der Waals surface area contributed by atoms with Crippen LogP contribution in [0.25, 0.3) is 0 Å². The number of halogens is 1. The number of nitrogens with one attached hydrogen (secondary N) is 2. The fourth-order valence-corrected chi connectivity index (χ4v) is 2.08. The number of hydrogen-bond acceptors (Lipinski definition) is 5. The van der Waals surface area contributed by atoms with Gasteiger partial charge in [0.2, 0.25) is 0 Å². The Labute approximate surface area is 145 Å². The molecule has 2 N–H and O–H groups in total. The summed E-state index contributed by atoms with van der Waals surface area (Å²) in [6, 6.07) is 10.0. The SMILES string of the molecule is CCOC(=O)CNc1nc(C)ccc1NC(=O)c1ccc(Cl)cc1. The quantitative estimate of drug-likeness (QED) is 0.784. The van der Waals surface area contributed by atoms with Crippen molar-refractivity contribution in [3.63, 3.8) is 0 Å². The third-order valence-electron chi connectivity index (χ3n) is 3.09. The number of nitrogens with zero attached hydrogens (tertiary/aromatic N) is 1. The number of hydrogen-bond donors (Lipinski definition) is 2. The second-order valence-electron chi connectivity index (χ2n) is 4.97. The monoisotopic (exact) mass is 347 g/mol. The maximum Gasteiger partial charge on any atom is 0.325 e. The molecule has 0 saturated carbocycles. The molecule has 0 saturated heterocycles. The Morgan fingerprint density at radius 2 is 1.88 bits per heavy atom. The summed E-state index contributed by atoms with van der Waals surface area (Å²) in [5.41, 5.74) is 1.70. The van der Waals surface area contributed by atoms with Gasteiger partial charge in [-0.25, -0.2) is 4.98 Å². The average Bonchev–Trinajstić information content (AvgIpc) is 2.56. The van der Waals surface area contributed by atoms with Crippen LogP contribution in [0, 0.1) is 6.92 Å². The molecule has 1 heterocycles. The highest BCUT2D eigenvalue weighted by atomic mass is 35.5. The van der Waals surface area contributed by atoms with Gasteiger partial charge in [0.1, 0.15) is 6.54 Å². The van der Waals surface area contributed by atoms with Gasteiger partial charge < -0.3 is 15.4 Å². The van der Waals surface area contributed by atoms with E-state index in [1.807, 2.05) is 6.92 Å². The van der Waals surface area contributed by atoms with Crippen LogP contribution in [0.15, 0.2) is 36.4 Å². The summed E-state index contributed by atoms with van der Waals surface area (Å²) in [4.78, 5) is 28.1. The normalized spacial score (nSPS) is 10.1. The fraction of sp³-hybridized carbons (Fsp3) is 0.235. The van der Waals surface area contributed by atoms with Gasteiger partial charge >= 0.3 is 5.97 Å². The van der Waals surface area contributed by atoms with E-state index in [1.165, 1.54) is 0 Å². The van der Waals surface area contributed by atoms with Crippen molar-refractivity contribution in [2.75, 3.05) is 23.8 Å². The van der Waals surface area contributed by atoms with Crippen LogP contribution < -0.4 is 10.6 Å². The van der Waals surface area contributed by atoms with Crippen LogP contribution in [0.5, 0.6) is 0 Å². The standard InChI is InChI=1S/C17H18ClN3O3/c1-3-24-15(22)10-19-16-14(9-4-11(2)20-16)21-17(23)12-5-7-13(18)8-6-12/h4-9H,3,10H2,1-2H3,(H,19,20)(H,21,23). The number of ether oxygens (including phenoxy) is 1. The maximum absolute atomic E-state index is 12.3. The maximum atomic E-state index is 12.3. The lowest BCUT2D eigenvalue weighted by molar-refractivity contribution is -0.140. The zero-order valence-electron chi connectivity index (χ0n) is 13.4. The van der Waals surface area contributed by atoms with Gasteiger partial charge in [-0.05, 0) is 50.2 Å². The first kappa shape index (κ1) is 17.7. The van der Waals surface area contributed by atoms with Crippen LogP contribution in [0.4, 0.5) is 11.5 Å². The number of aryl methyl sites for hydroxylation is 1. The highest BCUT2D eigenvalue weighted by Crippen LogP contribution is 2.20. The lowest BCUT2D eigenvalue weighted by atomic mass is 10.2. The summed E-state index contributed by atoms with van der Waals surface area (Å²) in [6.45, 7) is 3.83. The molecular weight excluding hydrogens is 330 g/mol. The molecular formula is C17H18ClN3O3. The predicted octanol–water partition coefficient (Wildman–Crippen LogP) is 3.27. The topological polar surface area (TPSA) is 80.3 Å². The Kier molecular flexibility index (Phi) is 6.14. The van der Waals surface area contributed by atoms with Crippen molar-refractivity contribution in [3.8, 4) is 0 Å². The van der Waals surface area contributed by atoms with Crippen molar-refractivity contribution in [1.82, 2.24) is 4.98 Å². The summed E-state index contributed by atoms with van der Waals surface area (Å²) in [6.07, 6.45) is 0. The van der Waals surface area contributed by atoms with E-state index in [-0.39, 0.29) is 12.5 Å². The molecule has 1 aromatic carbocycles. The summed E-state index contributed by atoms with van der Waals surface area (Å²) in [7, 11) is 0. The second-order valence-corrected chi connectivity index (χ2v) is 5.40. The fourth-order valence-electron chi connectivity index (χ4n) is 1.96. The van der Waals surface area contributed by atoms with E-state index in [0.29, 0.717) is 28.7 Å². The number of amides is 1. The van der Waals surface area contributed by atoms with Gasteiger partial charge in [-0.2, -0.15) is 0 Å². The first-order valence-electron chi connectivity index (χ1n) is 7.43. The Bertz CT molecular complexity index is 732. The molecule has 0 spiro atoms. The molecule has 2 aromatic rings. The van der Waals surface area contributed by atoms with Gasteiger partial charge in [-0.1, -0.05) is 11.6 Å². The van der Waals surface area contributed by atoms with Gasteiger partial charge in [0.25, 0.3) is 5.91 Å². The molecule has 0 aliphatic rings. The van der Waals surface area contributed by atoms with Gasteiger partial charge in [-0.15, -0.1) is 0 Å². The summed E-state index contributed by atoms with van der Waals surface area (Å²) >= 11 is 5.82. The summed E-state index contributed by atoms with van der Waals surface area (Å²) in [5.74, 6) is -0.280. The number of carbonyl (C=O) groups excluding carboxylic acids is 2. The lowest BCUT2D eigenvalue weighted by Gasteiger charge is -2.12. The Morgan fingerprint density at radius 1 is 1.17 bits per heavy atom. The van der Waals surface area contributed by atoms with Crippen molar-refractivity contribution < 1.29 is 14.3 Å². The summed E-state index contributed by atoms with van der Waals surface area (Å²) in [5, 5.41) is 6.21. The predicted molar refractivity (Wildman–Crippen MR) is 93.5 cm³/mol. The minimum Gasteiger partial charge on any atom is -0.465 e. The van der Waals surface area contributed by atoms with Gasteiger partial charge in [0.15, 0.2) is 5.82 Å². The largest absolute Gasteiger partial charge is 0.465 e. The van der Waals surface area contributed by atoms with Crippen molar-refractivity contribution in [2.45, 2.75) is 13.8 Å². The van der Waals surface area contributed by atoms with Crippen molar-refractivity contribution >= 4 is 35.0 Å². The molecule has 0 unspecified atom stereocenters. The number of esters is 1. The van der Waals surface area contributed by atoms with Crippen LogP contribution in [0.1, 0.15) is 23.0 Å². The molecule has 1 amide bonds. The van der Waals surface area contributed by atoms with E-state index in [2.05, 4.69) is 15.6 Å². The molecule has 126 valence electrons.